The molecule has 3 fully saturated rings. The van der Waals surface area contributed by atoms with Crippen molar-refractivity contribution < 1.29 is 22.7 Å². The maximum absolute atomic E-state index is 13.2. The molecule has 0 radical (unpaired) electrons. The van der Waals surface area contributed by atoms with Gasteiger partial charge < -0.3 is 25.2 Å². The first-order valence-electron chi connectivity index (χ1n) is 17.3. The lowest BCUT2D eigenvalue weighted by Crippen LogP contribution is -2.52. The van der Waals surface area contributed by atoms with E-state index in [0.29, 0.717) is 49.6 Å². The van der Waals surface area contributed by atoms with E-state index in [1.807, 2.05) is 25.7 Å². The molecule has 1 unspecified atom stereocenters. The third-order valence-electron chi connectivity index (χ3n) is 9.28. The first-order chi connectivity index (χ1) is 23.2. The zero-order valence-corrected chi connectivity index (χ0v) is 30.9. The van der Waals surface area contributed by atoms with Crippen LogP contribution in [0.3, 0.4) is 0 Å². The number of rotatable bonds is 10. The van der Waals surface area contributed by atoms with Crippen molar-refractivity contribution in [1.29, 1.82) is 0 Å². The molecule has 5 rings (SSSR count). The van der Waals surface area contributed by atoms with Gasteiger partial charge in [0.15, 0.2) is 15.7 Å². The van der Waals surface area contributed by atoms with E-state index in [1.54, 1.807) is 43.0 Å². The first-order valence-corrected chi connectivity index (χ1v) is 19.2. The van der Waals surface area contributed by atoms with Crippen LogP contribution in [0.4, 0.5) is 22.2 Å². The topological polar surface area (TPSA) is 140 Å². The van der Waals surface area contributed by atoms with Gasteiger partial charge in [0, 0.05) is 64.9 Å². The van der Waals surface area contributed by atoms with Crippen LogP contribution in [0.1, 0.15) is 53.9 Å². The average molecular weight is 719 g/mol. The van der Waals surface area contributed by atoms with E-state index in [4.69, 9.17) is 16.3 Å². The Balaban J connectivity index is 1.05. The fourth-order valence-corrected chi connectivity index (χ4v) is 7.80. The molecule has 2 N–H and O–H groups in total. The lowest BCUT2D eigenvalue weighted by atomic mass is 9.96. The number of hydrogen-bond acceptors (Lipinski definition) is 11. The predicted molar refractivity (Wildman–Crippen MR) is 191 cm³/mol. The number of piperazine rings is 1. The van der Waals surface area contributed by atoms with Crippen molar-refractivity contribution in [2.24, 2.45) is 5.92 Å². The van der Waals surface area contributed by atoms with Gasteiger partial charge in [-0.2, -0.15) is 4.98 Å². The van der Waals surface area contributed by atoms with Gasteiger partial charge in [-0.3, -0.25) is 14.6 Å². The number of hydrogen-bond donors (Lipinski definition) is 2. The summed E-state index contributed by atoms with van der Waals surface area (Å²) in [6.45, 7) is 16.4. The van der Waals surface area contributed by atoms with Crippen LogP contribution >= 0.6 is 11.6 Å². The van der Waals surface area contributed by atoms with Crippen LogP contribution in [0.5, 0.6) is 0 Å². The van der Waals surface area contributed by atoms with Gasteiger partial charge in [0.05, 0.1) is 28.6 Å². The Bertz CT molecular complexity index is 1570. The summed E-state index contributed by atoms with van der Waals surface area (Å²) in [5, 5.41) is 6.15. The summed E-state index contributed by atoms with van der Waals surface area (Å²) in [5.41, 5.74) is -0.0872. The molecular weight excluding hydrogens is 668 g/mol. The van der Waals surface area contributed by atoms with Gasteiger partial charge in [0.2, 0.25) is 11.9 Å². The SMILES string of the molecule is CC(C)S(=O)(=O)c1ccccc1Nc1nc(NC2CCN(CC(=O)N3CCC(CN4CCN(C(=O)OC(C)(C)C)CC4)CC3)C2)ncc1Cl. The fourth-order valence-electron chi connectivity index (χ4n) is 6.46. The van der Waals surface area contributed by atoms with Gasteiger partial charge in [-0.05, 0) is 71.9 Å². The molecule has 3 aliphatic rings. The Labute approximate surface area is 295 Å². The molecule has 1 atom stereocenters. The minimum absolute atomic E-state index is 0.0527. The maximum Gasteiger partial charge on any atom is 0.410 e. The molecule has 0 saturated carbocycles. The number of nitrogens with one attached hydrogen (secondary N) is 2. The van der Waals surface area contributed by atoms with Crippen molar-refractivity contribution in [3.05, 3.63) is 35.5 Å². The van der Waals surface area contributed by atoms with Gasteiger partial charge in [0.1, 0.15) is 10.6 Å². The van der Waals surface area contributed by atoms with Crippen molar-refractivity contribution in [3.63, 3.8) is 0 Å². The molecule has 2 amide bonds. The van der Waals surface area contributed by atoms with Crippen LogP contribution in [-0.2, 0) is 19.4 Å². The van der Waals surface area contributed by atoms with Gasteiger partial charge in [0.25, 0.3) is 0 Å². The summed E-state index contributed by atoms with van der Waals surface area (Å²) in [7, 11) is -3.53. The highest BCUT2D eigenvalue weighted by Crippen LogP contribution is 2.30. The summed E-state index contributed by atoms with van der Waals surface area (Å²) in [6, 6.07) is 6.76. The third kappa shape index (κ3) is 9.95. The number of nitrogens with zero attached hydrogens (tertiary/aromatic N) is 6. The van der Waals surface area contributed by atoms with Gasteiger partial charge in [-0.1, -0.05) is 23.7 Å². The van der Waals surface area contributed by atoms with Crippen molar-refractivity contribution in [2.75, 3.05) is 76.1 Å². The highest BCUT2D eigenvalue weighted by molar-refractivity contribution is 7.92. The van der Waals surface area contributed by atoms with E-state index >= 15 is 0 Å². The number of likely N-dealkylation sites (tertiary alicyclic amines) is 2. The van der Waals surface area contributed by atoms with Gasteiger partial charge in [-0.25, -0.2) is 18.2 Å². The quantitative estimate of drug-likeness (QED) is 0.363. The van der Waals surface area contributed by atoms with Crippen LogP contribution in [-0.4, -0.2) is 132 Å². The minimum Gasteiger partial charge on any atom is -0.444 e. The Kier molecular flexibility index (Phi) is 11.9. The third-order valence-corrected chi connectivity index (χ3v) is 11.8. The van der Waals surface area contributed by atoms with E-state index in [1.165, 1.54) is 6.20 Å². The molecule has 2 aromatic rings. The zero-order valence-electron chi connectivity index (χ0n) is 29.3. The summed E-state index contributed by atoms with van der Waals surface area (Å²) in [5.74, 6) is 1.39. The van der Waals surface area contributed by atoms with Crippen molar-refractivity contribution >= 4 is 50.9 Å². The number of para-hydroxylation sites is 1. The Morgan fingerprint density at radius 1 is 0.980 bits per heavy atom. The van der Waals surface area contributed by atoms with E-state index in [9.17, 15) is 18.0 Å². The number of aromatic nitrogens is 2. The van der Waals surface area contributed by atoms with Crippen molar-refractivity contribution in [1.82, 2.24) is 29.6 Å². The number of ether oxygens (including phenoxy) is 1. The predicted octanol–water partition coefficient (Wildman–Crippen LogP) is 4.33. The Morgan fingerprint density at radius 2 is 1.67 bits per heavy atom. The number of sulfone groups is 1. The van der Waals surface area contributed by atoms with E-state index in [0.717, 1.165) is 58.5 Å². The lowest BCUT2D eigenvalue weighted by Gasteiger charge is -2.39. The van der Waals surface area contributed by atoms with Crippen LogP contribution in [0, 0.1) is 5.92 Å². The summed E-state index contributed by atoms with van der Waals surface area (Å²) in [4.78, 5) is 43.1. The maximum atomic E-state index is 13.2. The molecule has 3 saturated heterocycles. The van der Waals surface area contributed by atoms with E-state index in [2.05, 4.69) is 30.4 Å². The molecule has 0 spiro atoms. The standard InChI is InChI=1S/C34H51ClN8O5S/c1-24(2)49(46,47)29-9-7-6-8-28(29)38-31-27(35)20-36-32(39-31)37-26-12-13-41(22-26)23-30(44)42-14-10-25(11-15-42)21-40-16-18-43(19-17-40)33(45)48-34(3,4)5/h6-9,20,24-26H,10-19,21-23H2,1-5H3,(H2,36,37,38,39). The number of benzene rings is 1. The Hall–Kier alpha value is -3.20. The monoisotopic (exact) mass is 718 g/mol. The zero-order chi connectivity index (χ0) is 35.3. The van der Waals surface area contributed by atoms with Crippen molar-refractivity contribution in [2.45, 2.75) is 75.7 Å². The second-order valence-electron chi connectivity index (χ2n) is 14.6. The van der Waals surface area contributed by atoms with Gasteiger partial charge in [-0.15, -0.1) is 0 Å². The van der Waals surface area contributed by atoms with Crippen LogP contribution < -0.4 is 10.6 Å². The second-order valence-corrected chi connectivity index (χ2v) is 17.4. The highest BCUT2D eigenvalue weighted by atomic mass is 35.5. The summed E-state index contributed by atoms with van der Waals surface area (Å²) < 4.78 is 31.3. The van der Waals surface area contributed by atoms with Crippen LogP contribution in [0.25, 0.3) is 0 Å². The van der Waals surface area contributed by atoms with Crippen LogP contribution in [0.15, 0.2) is 35.4 Å². The van der Waals surface area contributed by atoms with Crippen LogP contribution in [0.2, 0.25) is 5.02 Å². The minimum atomic E-state index is -3.53. The smallest absolute Gasteiger partial charge is 0.410 e. The molecule has 0 aliphatic carbocycles. The molecule has 15 heteroatoms. The largest absolute Gasteiger partial charge is 0.444 e. The number of carbonyl (C=O) groups is 2. The molecule has 1 aromatic carbocycles. The molecule has 3 aliphatic heterocycles. The number of carbonyl (C=O) groups excluding carboxylic acids is 2. The molecule has 270 valence electrons. The second kappa shape index (κ2) is 15.8. The number of anilines is 3. The van der Waals surface area contributed by atoms with Gasteiger partial charge >= 0.3 is 6.09 Å². The average Bonchev–Trinajstić information content (AvgIpc) is 3.49. The van der Waals surface area contributed by atoms with E-state index in [-0.39, 0.29) is 28.0 Å². The normalized spacial score (nSPS) is 20.1. The fraction of sp³-hybridized carbons (Fsp3) is 0.647. The number of amides is 2. The summed E-state index contributed by atoms with van der Waals surface area (Å²) >= 11 is 6.40. The molecule has 49 heavy (non-hydrogen) atoms. The molecule has 1 aromatic heterocycles. The number of halogens is 1. The number of piperidine rings is 1. The summed E-state index contributed by atoms with van der Waals surface area (Å²) in [6.07, 6.45) is 4.06. The highest BCUT2D eigenvalue weighted by Gasteiger charge is 2.31. The first kappa shape index (κ1) is 37.1. The molecule has 0 bridgehead atoms. The molecule has 4 heterocycles. The Morgan fingerprint density at radius 3 is 2.35 bits per heavy atom. The molecular formula is C34H51ClN8O5S. The van der Waals surface area contributed by atoms with Crippen molar-refractivity contribution in [3.8, 4) is 0 Å². The molecule has 13 nitrogen and oxygen atoms in total. The lowest BCUT2D eigenvalue weighted by molar-refractivity contribution is -0.133. The van der Waals surface area contributed by atoms with E-state index < -0.39 is 20.7 Å².